The lowest BCUT2D eigenvalue weighted by atomic mass is 9.98. The Morgan fingerprint density at radius 2 is 1.96 bits per heavy atom. The number of rotatable bonds is 6. The maximum atomic E-state index is 12.1. The number of para-hydroxylation sites is 1. The molecule has 6 heteroatoms. The first kappa shape index (κ1) is 17.0. The van der Waals surface area contributed by atoms with Gasteiger partial charge >= 0.3 is 5.97 Å². The van der Waals surface area contributed by atoms with Crippen LogP contribution in [0.4, 0.5) is 0 Å². The quantitative estimate of drug-likeness (QED) is 0.589. The smallest absolute Gasteiger partial charge is 0.316 e. The lowest BCUT2D eigenvalue weighted by Crippen LogP contribution is -2.22. The van der Waals surface area contributed by atoms with E-state index in [0.717, 1.165) is 48.8 Å². The van der Waals surface area contributed by atoms with Gasteiger partial charge in [0.2, 0.25) is 0 Å². The second-order valence-corrected chi connectivity index (χ2v) is 6.90. The summed E-state index contributed by atoms with van der Waals surface area (Å²) in [6.45, 7) is 2.05. The van der Waals surface area contributed by atoms with E-state index in [2.05, 4.69) is 17.1 Å². The molecule has 128 valence electrons. The highest BCUT2D eigenvalue weighted by atomic mass is 32.2. The van der Waals surface area contributed by atoms with Crippen molar-refractivity contribution in [1.82, 2.24) is 14.8 Å². The van der Waals surface area contributed by atoms with Crippen molar-refractivity contribution >= 4 is 17.7 Å². The fraction of sp³-hybridized carbons (Fsp3) is 0.500. The van der Waals surface area contributed by atoms with Gasteiger partial charge in [0.05, 0.1) is 5.75 Å². The fourth-order valence-corrected chi connectivity index (χ4v) is 3.74. The number of ether oxygens (including phenoxy) is 1. The third-order valence-corrected chi connectivity index (χ3v) is 5.10. The number of carbonyl (C=O) groups is 1. The average molecular weight is 345 g/mol. The van der Waals surface area contributed by atoms with E-state index in [1.165, 1.54) is 18.2 Å². The first-order valence-corrected chi connectivity index (χ1v) is 9.58. The number of hydrogen-bond acceptors (Lipinski definition) is 5. The minimum Gasteiger partial charge on any atom is -0.462 e. The fourth-order valence-electron chi connectivity index (χ4n) is 2.99. The molecular weight excluding hydrogens is 322 g/mol. The summed E-state index contributed by atoms with van der Waals surface area (Å²) in [7, 11) is 0. The van der Waals surface area contributed by atoms with Crippen LogP contribution in [0.2, 0.25) is 0 Å². The summed E-state index contributed by atoms with van der Waals surface area (Å²) in [5, 5.41) is 9.23. The second kappa shape index (κ2) is 8.33. The van der Waals surface area contributed by atoms with E-state index in [-0.39, 0.29) is 17.8 Å². The molecule has 0 spiro atoms. The molecule has 0 bridgehead atoms. The Kier molecular flexibility index (Phi) is 5.91. The van der Waals surface area contributed by atoms with Gasteiger partial charge in [0, 0.05) is 12.1 Å². The third kappa shape index (κ3) is 4.17. The SMILES string of the molecule is CCc1nnc(SCC(=O)OC2CCCCC2)n1-c1ccccc1. The molecule has 0 saturated heterocycles. The molecule has 0 atom stereocenters. The van der Waals surface area contributed by atoms with Crippen molar-refractivity contribution in [1.29, 1.82) is 0 Å². The lowest BCUT2D eigenvalue weighted by Gasteiger charge is -2.21. The van der Waals surface area contributed by atoms with Crippen molar-refractivity contribution in [2.45, 2.75) is 56.7 Å². The topological polar surface area (TPSA) is 57.0 Å². The molecule has 1 saturated carbocycles. The van der Waals surface area contributed by atoms with Crippen LogP contribution in [0.5, 0.6) is 0 Å². The highest BCUT2D eigenvalue weighted by Crippen LogP contribution is 2.24. The normalized spacial score (nSPS) is 15.4. The first-order valence-electron chi connectivity index (χ1n) is 8.60. The minimum absolute atomic E-state index is 0.102. The van der Waals surface area contributed by atoms with E-state index < -0.39 is 0 Å². The van der Waals surface area contributed by atoms with Crippen molar-refractivity contribution in [2.24, 2.45) is 0 Å². The van der Waals surface area contributed by atoms with Gasteiger partial charge in [0.1, 0.15) is 11.9 Å². The standard InChI is InChI=1S/C18H23N3O2S/c1-2-16-19-20-18(21(16)14-9-5-3-6-10-14)24-13-17(22)23-15-11-7-4-8-12-15/h3,5-6,9-10,15H,2,4,7-8,11-13H2,1H3. The van der Waals surface area contributed by atoms with Crippen molar-refractivity contribution in [3.63, 3.8) is 0 Å². The molecule has 2 aromatic rings. The molecule has 0 amide bonds. The summed E-state index contributed by atoms with van der Waals surface area (Å²) in [6.07, 6.45) is 6.45. The Morgan fingerprint density at radius 3 is 2.67 bits per heavy atom. The van der Waals surface area contributed by atoms with Crippen molar-refractivity contribution in [3.8, 4) is 5.69 Å². The van der Waals surface area contributed by atoms with E-state index in [1.54, 1.807) is 0 Å². The summed E-state index contributed by atoms with van der Waals surface area (Å²) in [5.74, 6) is 1.00. The van der Waals surface area contributed by atoms with Crippen LogP contribution in [-0.4, -0.2) is 32.6 Å². The molecule has 0 unspecified atom stereocenters. The largest absolute Gasteiger partial charge is 0.462 e. The summed E-state index contributed by atoms with van der Waals surface area (Å²) in [6, 6.07) is 9.99. The molecule has 1 aromatic carbocycles. The highest BCUT2D eigenvalue weighted by molar-refractivity contribution is 7.99. The molecule has 0 N–H and O–H groups in total. The summed E-state index contributed by atoms with van der Waals surface area (Å²) < 4.78 is 7.59. The summed E-state index contributed by atoms with van der Waals surface area (Å²) in [4.78, 5) is 12.1. The summed E-state index contributed by atoms with van der Waals surface area (Å²) >= 11 is 1.39. The van der Waals surface area contributed by atoms with Crippen LogP contribution in [0, 0.1) is 0 Å². The van der Waals surface area contributed by atoms with E-state index in [9.17, 15) is 4.79 Å². The maximum Gasteiger partial charge on any atom is 0.316 e. The monoisotopic (exact) mass is 345 g/mol. The zero-order valence-corrected chi connectivity index (χ0v) is 14.8. The van der Waals surface area contributed by atoms with Crippen LogP contribution in [0.3, 0.4) is 0 Å². The average Bonchev–Trinajstić information content (AvgIpc) is 3.04. The number of esters is 1. The number of nitrogens with zero attached hydrogens (tertiary/aromatic N) is 3. The van der Waals surface area contributed by atoms with Gasteiger partial charge in [-0.3, -0.25) is 9.36 Å². The molecule has 24 heavy (non-hydrogen) atoms. The Morgan fingerprint density at radius 1 is 1.21 bits per heavy atom. The van der Waals surface area contributed by atoms with E-state index in [1.807, 2.05) is 34.9 Å². The molecule has 1 aliphatic carbocycles. The zero-order chi connectivity index (χ0) is 16.8. The van der Waals surface area contributed by atoms with E-state index in [0.29, 0.717) is 0 Å². The second-order valence-electron chi connectivity index (χ2n) is 5.96. The molecule has 0 aliphatic heterocycles. The number of hydrogen-bond donors (Lipinski definition) is 0. The van der Waals surface area contributed by atoms with E-state index in [4.69, 9.17) is 4.74 Å². The first-order chi connectivity index (χ1) is 11.8. The third-order valence-electron chi connectivity index (χ3n) is 4.20. The van der Waals surface area contributed by atoms with Crippen LogP contribution in [0.25, 0.3) is 5.69 Å². The number of carbonyl (C=O) groups excluding carboxylic acids is 1. The van der Waals surface area contributed by atoms with Gasteiger partial charge in [-0.05, 0) is 37.8 Å². The Balaban J connectivity index is 1.65. The molecule has 1 heterocycles. The molecule has 0 radical (unpaired) electrons. The predicted octanol–water partition coefficient (Wildman–Crippen LogP) is 3.80. The van der Waals surface area contributed by atoms with Crippen LogP contribution in [0.1, 0.15) is 44.9 Å². The summed E-state index contributed by atoms with van der Waals surface area (Å²) in [5.41, 5.74) is 1.02. The Labute approximate surface area is 146 Å². The molecule has 3 rings (SSSR count). The van der Waals surface area contributed by atoms with Gasteiger partial charge in [0.25, 0.3) is 0 Å². The van der Waals surface area contributed by atoms with Crippen molar-refractivity contribution < 1.29 is 9.53 Å². The van der Waals surface area contributed by atoms with Crippen LogP contribution >= 0.6 is 11.8 Å². The molecule has 5 nitrogen and oxygen atoms in total. The van der Waals surface area contributed by atoms with Crippen molar-refractivity contribution in [3.05, 3.63) is 36.2 Å². The van der Waals surface area contributed by atoms with Gasteiger partial charge in [0.15, 0.2) is 5.16 Å². The predicted molar refractivity (Wildman–Crippen MR) is 94.4 cm³/mol. The number of thioether (sulfide) groups is 1. The maximum absolute atomic E-state index is 12.1. The number of aromatic nitrogens is 3. The molecular formula is C18H23N3O2S. The van der Waals surface area contributed by atoms with Gasteiger partial charge in [-0.1, -0.05) is 43.3 Å². The van der Waals surface area contributed by atoms with Crippen LogP contribution in [-0.2, 0) is 16.0 Å². The minimum atomic E-state index is -0.160. The zero-order valence-electron chi connectivity index (χ0n) is 14.0. The van der Waals surface area contributed by atoms with Crippen molar-refractivity contribution in [2.75, 3.05) is 5.75 Å². The highest BCUT2D eigenvalue weighted by Gasteiger charge is 2.19. The van der Waals surface area contributed by atoms with Gasteiger partial charge in [-0.15, -0.1) is 10.2 Å². The lowest BCUT2D eigenvalue weighted by molar-refractivity contribution is -0.147. The number of aryl methyl sites for hydroxylation is 1. The Bertz CT molecular complexity index is 666. The van der Waals surface area contributed by atoms with Gasteiger partial charge in [-0.2, -0.15) is 0 Å². The van der Waals surface area contributed by atoms with Crippen LogP contribution in [0.15, 0.2) is 35.5 Å². The van der Waals surface area contributed by atoms with Gasteiger partial charge in [-0.25, -0.2) is 0 Å². The van der Waals surface area contributed by atoms with E-state index >= 15 is 0 Å². The number of benzene rings is 1. The van der Waals surface area contributed by atoms with Crippen LogP contribution < -0.4 is 0 Å². The Hall–Kier alpha value is -1.82. The molecule has 1 aliphatic rings. The molecule has 1 fully saturated rings. The molecule has 1 aromatic heterocycles. The van der Waals surface area contributed by atoms with Gasteiger partial charge < -0.3 is 4.74 Å².